The zero-order valence-electron chi connectivity index (χ0n) is 37.3. The van der Waals surface area contributed by atoms with Gasteiger partial charge in [-0.15, -0.1) is 0 Å². The maximum Gasteiger partial charge on any atom is 0.186 e. The Morgan fingerprint density at radius 2 is 0.683 bits per heavy atom. The molecule has 306 valence electrons. The first-order valence-electron chi connectivity index (χ1n) is 20.7. The molecular formula is C54H58N4O2. The molecule has 0 unspecified atom stereocenters. The minimum Gasteiger partial charge on any atom is -0.289 e. The highest BCUT2D eigenvalue weighted by Crippen LogP contribution is 2.44. The molecule has 6 nitrogen and oxygen atoms in total. The monoisotopic (exact) mass is 794 g/mol. The number of benzene rings is 4. The third kappa shape index (κ3) is 9.99. The fraction of sp³-hybridized carbons (Fsp3) is 0.296. The number of carbonyl (C=O) groups excluding carboxylic acids is 2. The summed E-state index contributed by atoms with van der Waals surface area (Å²) in [5.41, 5.74) is 10.4. The molecule has 60 heavy (non-hydrogen) atoms. The molecule has 0 N–H and O–H groups in total. The molecule has 0 amide bonds. The number of hydrogen-bond acceptors (Lipinski definition) is 6. The van der Waals surface area contributed by atoms with Gasteiger partial charge in [0.25, 0.3) is 0 Å². The lowest BCUT2D eigenvalue weighted by Crippen LogP contribution is -2.27. The first-order valence-corrected chi connectivity index (χ1v) is 20.7. The predicted octanol–water partition coefficient (Wildman–Crippen LogP) is 15.7. The molecule has 0 radical (unpaired) electrons. The molecule has 0 saturated carbocycles. The van der Waals surface area contributed by atoms with Crippen molar-refractivity contribution in [2.75, 3.05) is 0 Å². The SMILES string of the molecule is CC(C)(C)C1=CC(=C/N=N/c2ccc(-c3ccccc3)cc2-c2cc(-c3ccccc3)ccc2/N=N/C=C2C=C(C(C)(C)C)C(=O)C(C(C)(C)C)=C2)C=C(C(C)(C)C)C1=O. The van der Waals surface area contributed by atoms with Crippen LogP contribution in [-0.4, -0.2) is 11.6 Å². The fourth-order valence-corrected chi connectivity index (χ4v) is 7.29. The van der Waals surface area contributed by atoms with Crippen LogP contribution in [0.4, 0.5) is 11.4 Å². The van der Waals surface area contributed by atoms with E-state index in [1.165, 1.54) is 0 Å². The summed E-state index contributed by atoms with van der Waals surface area (Å²) in [7, 11) is 0. The van der Waals surface area contributed by atoms with Gasteiger partial charge in [-0.1, -0.05) is 156 Å². The molecule has 0 spiro atoms. The Bertz CT molecular complexity index is 2310. The van der Waals surface area contributed by atoms with Crippen molar-refractivity contribution in [2.24, 2.45) is 42.1 Å². The second-order valence-corrected chi connectivity index (χ2v) is 19.8. The van der Waals surface area contributed by atoms with Crippen molar-refractivity contribution in [1.82, 2.24) is 0 Å². The Morgan fingerprint density at radius 1 is 0.383 bits per heavy atom. The van der Waals surface area contributed by atoms with Gasteiger partial charge in [0.2, 0.25) is 0 Å². The zero-order chi connectivity index (χ0) is 43.6. The summed E-state index contributed by atoms with van der Waals surface area (Å²) in [6.45, 7) is 24.7. The Hall–Kier alpha value is -6.14. The molecule has 0 aromatic heterocycles. The first kappa shape index (κ1) is 43.4. The van der Waals surface area contributed by atoms with E-state index in [-0.39, 0.29) is 33.2 Å². The van der Waals surface area contributed by atoms with Crippen molar-refractivity contribution in [3.8, 4) is 33.4 Å². The summed E-state index contributed by atoms with van der Waals surface area (Å²) < 4.78 is 0. The van der Waals surface area contributed by atoms with Crippen molar-refractivity contribution >= 4 is 22.9 Å². The first-order chi connectivity index (χ1) is 28.1. The molecular weight excluding hydrogens is 737 g/mol. The van der Waals surface area contributed by atoms with Gasteiger partial charge in [-0.25, -0.2) is 0 Å². The Labute approximate surface area is 357 Å². The van der Waals surface area contributed by atoms with Crippen LogP contribution in [0.25, 0.3) is 33.4 Å². The van der Waals surface area contributed by atoms with Gasteiger partial charge in [-0.05, 0) is 104 Å². The number of azo groups is 2. The number of ketones is 2. The van der Waals surface area contributed by atoms with Crippen LogP contribution in [0.5, 0.6) is 0 Å². The van der Waals surface area contributed by atoms with Crippen LogP contribution in [-0.2, 0) is 9.59 Å². The van der Waals surface area contributed by atoms with Crippen LogP contribution < -0.4 is 0 Å². The third-order valence-corrected chi connectivity index (χ3v) is 10.7. The van der Waals surface area contributed by atoms with Crippen LogP contribution >= 0.6 is 0 Å². The van der Waals surface area contributed by atoms with E-state index in [0.717, 1.165) is 66.8 Å². The average molecular weight is 795 g/mol. The molecule has 6 rings (SSSR count). The highest BCUT2D eigenvalue weighted by Gasteiger charge is 2.35. The summed E-state index contributed by atoms with van der Waals surface area (Å²) in [6.07, 6.45) is 11.2. The largest absolute Gasteiger partial charge is 0.289 e. The number of Topliss-reactive ketones (excluding diaryl/α,β-unsaturated/α-hetero) is 2. The van der Waals surface area contributed by atoms with Crippen LogP contribution in [0.1, 0.15) is 83.1 Å². The lowest BCUT2D eigenvalue weighted by Gasteiger charge is -2.31. The smallest absolute Gasteiger partial charge is 0.186 e. The summed E-state index contributed by atoms with van der Waals surface area (Å²) >= 11 is 0. The standard InChI is InChI=1S/C54H58N4O2/c1-51(2,3)43-27-35(28-44(49(43)59)52(4,5)6)33-55-57-47-25-23-39(37-19-15-13-16-20-37)31-41(47)42-32-40(38-21-17-14-18-22-38)24-26-48(42)58-56-34-36-29-45(53(7,8)9)50(60)46(30-36)54(10,11)12/h13-34H,1-12H3/b57-55+,58-56+. The van der Waals surface area contributed by atoms with Gasteiger partial charge in [0.05, 0.1) is 23.8 Å². The summed E-state index contributed by atoms with van der Waals surface area (Å²) in [4.78, 5) is 27.2. The number of carbonyl (C=O) groups is 2. The topological polar surface area (TPSA) is 83.6 Å². The van der Waals surface area contributed by atoms with E-state index >= 15 is 0 Å². The molecule has 4 aromatic rings. The lowest BCUT2D eigenvalue weighted by molar-refractivity contribution is -0.114. The minimum absolute atomic E-state index is 0.0758. The average Bonchev–Trinajstić information content (AvgIpc) is 3.18. The van der Waals surface area contributed by atoms with Gasteiger partial charge in [0, 0.05) is 33.4 Å². The molecule has 0 heterocycles. The second kappa shape index (κ2) is 16.8. The van der Waals surface area contributed by atoms with E-state index in [9.17, 15) is 9.59 Å². The molecule has 0 bridgehead atoms. The molecule has 6 heteroatoms. The summed E-state index contributed by atoms with van der Waals surface area (Å²) in [5.74, 6) is 0.152. The van der Waals surface area contributed by atoms with Crippen molar-refractivity contribution in [3.63, 3.8) is 0 Å². The zero-order valence-corrected chi connectivity index (χ0v) is 37.3. The van der Waals surface area contributed by atoms with Crippen molar-refractivity contribution in [2.45, 2.75) is 83.1 Å². The van der Waals surface area contributed by atoms with Crippen molar-refractivity contribution in [1.29, 1.82) is 0 Å². The second-order valence-electron chi connectivity index (χ2n) is 19.8. The van der Waals surface area contributed by atoms with Crippen molar-refractivity contribution < 1.29 is 9.59 Å². The van der Waals surface area contributed by atoms with E-state index in [1.54, 1.807) is 12.4 Å². The molecule has 0 atom stereocenters. The van der Waals surface area contributed by atoms with Crippen molar-refractivity contribution in [3.05, 3.63) is 167 Å². The Balaban J connectivity index is 1.52. The summed E-state index contributed by atoms with van der Waals surface area (Å²) in [5, 5.41) is 19.0. The molecule has 0 aliphatic heterocycles. The van der Waals surface area contributed by atoms with Gasteiger partial charge in [0.1, 0.15) is 0 Å². The van der Waals surface area contributed by atoms with Gasteiger partial charge >= 0.3 is 0 Å². The van der Waals surface area contributed by atoms with E-state index in [0.29, 0.717) is 11.4 Å². The predicted molar refractivity (Wildman–Crippen MR) is 248 cm³/mol. The van der Waals surface area contributed by atoms with E-state index in [1.807, 2.05) is 72.8 Å². The lowest BCUT2D eigenvalue weighted by atomic mass is 9.72. The molecule has 0 saturated heterocycles. The Morgan fingerprint density at radius 3 is 0.967 bits per heavy atom. The summed E-state index contributed by atoms with van der Waals surface area (Å²) in [6, 6.07) is 32.9. The Kier molecular flexibility index (Phi) is 12.2. The number of hydrogen-bond donors (Lipinski definition) is 0. The fourth-order valence-electron chi connectivity index (χ4n) is 7.29. The highest BCUT2D eigenvalue weighted by atomic mass is 16.1. The molecule has 2 aliphatic carbocycles. The minimum atomic E-state index is -0.339. The maximum atomic E-state index is 13.6. The normalized spacial score (nSPS) is 15.6. The quantitative estimate of drug-likeness (QED) is 0.175. The van der Waals surface area contributed by atoms with E-state index in [4.69, 9.17) is 10.2 Å². The third-order valence-electron chi connectivity index (χ3n) is 10.7. The molecule has 0 fully saturated rings. The van der Waals surface area contributed by atoms with Gasteiger partial charge in [-0.2, -0.15) is 20.5 Å². The highest BCUT2D eigenvalue weighted by molar-refractivity contribution is 6.12. The molecule has 2 aliphatic rings. The van der Waals surface area contributed by atoms with E-state index in [2.05, 4.69) is 142 Å². The van der Waals surface area contributed by atoms with Gasteiger partial charge < -0.3 is 0 Å². The number of allylic oxidation sites excluding steroid dienone is 10. The van der Waals surface area contributed by atoms with Gasteiger partial charge in [-0.3, -0.25) is 9.59 Å². The van der Waals surface area contributed by atoms with Gasteiger partial charge in [0.15, 0.2) is 11.6 Å². The molecule has 4 aromatic carbocycles. The van der Waals surface area contributed by atoms with E-state index < -0.39 is 0 Å². The number of nitrogens with zero attached hydrogens (tertiary/aromatic N) is 4. The van der Waals surface area contributed by atoms with Crippen LogP contribution in [0, 0.1) is 21.7 Å². The van der Waals surface area contributed by atoms with Crippen LogP contribution in [0.3, 0.4) is 0 Å². The maximum absolute atomic E-state index is 13.6. The number of rotatable bonds is 7. The van der Waals surface area contributed by atoms with Crippen LogP contribution in [0.2, 0.25) is 0 Å². The van der Waals surface area contributed by atoms with Crippen LogP contribution in [0.15, 0.2) is 188 Å².